The minimum Gasteiger partial charge on any atom is -0.497 e. The van der Waals surface area contributed by atoms with Crippen molar-refractivity contribution in [3.63, 3.8) is 0 Å². The van der Waals surface area contributed by atoms with Gasteiger partial charge in [0.05, 0.1) is 24.4 Å². The molecule has 26 heavy (non-hydrogen) atoms. The van der Waals surface area contributed by atoms with Crippen molar-refractivity contribution in [2.45, 2.75) is 6.54 Å². The zero-order chi connectivity index (χ0) is 18.7. The van der Waals surface area contributed by atoms with Crippen LogP contribution in [0.15, 0.2) is 51.9 Å². The number of hydrogen-bond acceptors (Lipinski definition) is 5. The molecule has 8 heteroatoms. The van der Waals surface area contributed by atoms with Crippen molar-refractivity contribution in [1.29, 1.82) is 0 Å². The molecular formula is C18H15BrN2O4S. The molecule has 0 saturated carbocycles. The summed E-state index contributed by atoms with van der Waals surface area (Å²) < 4.78 is 13.3. The fourth-order valence-corrected chi connectivity index (χ4v) is 3.84. The number of halogens is 1. The van der Waals surface area contributed by atoms with Crippen molar-refractivity contribution in [2.75, 3.05) is 14.2 Å². The van der Waals surface area contributed by atoms with E-state index in [1.807, 2.05) is 18.2 Å². The van der Waals surface area contributed by atoms with E-state index < -0.39 is 5.97 Å². The highest BCUT2D eigenvalue weighted by atomic mass is 79.9. The van der Waals surface area contributed by atoms with E-state index in [4.69, 9.17) is 9.47 Å². The summed E-state index contributed by atoms with van der Waals surface area (Å²) in [5.74, 6) is -0.117. The lowest BCUT2D eigenvalue weighted by Gasteiger charge is -2.04. The molecule has 0 fully saturated rings. The first kappa shape index (κ1) is 18.3. The van der Waals surface area contributed by atoms with Gasteiger partial charge in [-0.2, -0.15) is 4.99 Å². The van der Waals surface area contributed by atoms with Crippen LogP contribution in [0.3, 0.4) is 0 Å². The molecule has 0 aliphatic heterocycles. The highest BCUT2D eigenvalue weighted by molar-refractivity contribution is 9.10. The van der Waals surface area contributed by atoms with E-state index in [1.165, 1.54) is 18.4 Å². The summed E-state index contributed by atoms with van der Waals surface area (Å²) >= 11 is 4.65. The molecule has 0 atom stereocenters. The third-order valence-electron chi connectivity index (χ3n) is 3.67. The van der Waals surface area contributed by atoms with Gasteiger partial charge in [0.15, 0.2) is 4.80 Å². The highest BCUT2D eigenvalue weighted by Gasteiger charge is 2.13. The molecule has 0 radical (unpaired) electrons. The minimum atomic E-state index is -0.420. The standard InChI is InChI=1S/C18H15BrN2O4S/c1-24-13-6-7-14-15(9-13)26-18(21(14)10-16(22)25-2)20-17(23)11-4-3-5-12(19)8-11/h3-9H,10H2,1-2H3. The number of carbonyl (C=O) groups is 2. The van der Waals surface area contributed by atoms with Crippen LogP contribution in [0.5, 0.6) is 5.75 Å². The molecule has 0 bridgehead atoms. The first-order valence-electron chi connectivity index (χ1n) is 7.60. The lowest BCUT2D eigenvalue weighted by atomic mass is 10.2. The predicted molar refractivity (Wildman–Crippen MR) is 102 cm³/mol. The Labute approximate surface area is 161 Å². The molecule has 1 amide bonds. The molecule has 3 aromatic rings. The van der Waals surface area contributed by atoms with Crippen molar-refractivity contribution in [3.8, 4) is 5.75 Å². The average molecular weight is 435 g/mol. The zero-order valence-corrected chi connectivity index (χ0v) is 16.5. The number of aromatic nitrogens is 1. The molecule has 0 unspecified atom stereocenters. The Morgan fingerprint density at radius 1 is 1.19 bits per heavy atom. The third kappa shape index (κ3) is 3.86. The topological polar surface area (TPSA) is 69.9 Å². The van der Waals surface area contributed by atoms with E-state index in [1.54, 1.807) is 35.9 Å². The second-order valence-electron chi connectivity index (χ2n) is 5.31. The first-order chi connectivity index (χ1) is 12.5. The Hall–Kier alpha value is -2.45. The summed E-state index contributed by atoms with van der Waals surface area (Å²) in [6.07, 6.45) is 0. The molecule has 6 nitrogen and oxygen atoms in total. The fourth-order valence-electron chi connectivity index (χ4n) is 2.39. The van der Waals surface area contributed by atoms with Gasteiger partial charge in [-0.1, -0.05) is 33.3 Å². The Morgan fingerprint density at radius 2 is 2.00 bits per heavy atom. The van der Waals surface area contributed by atoms with Gasteiger partial charge in [0.2, 0.25) is 0 Å². The van der Waals surface area contributed by atoms with E-state index in [0.717, 1.165) is 14.7 Å². The van der Waals surface area contributed by atoms with E-state index in [2.05, 4.69) is 20.9 Å². The highest BCUT2D eigenvalue weighted by Crippen LogP contribution is 2.23. The Morgan fingerprint density at radius 3 is 2.69 bits per heavy atom. The van der Waals surface area contributed by atoms with Crippen LogP contribution in [0.1, 0.15) is 10.4 Å². The second kappa shape index (κ2) is 7.84. The maximum Gasteiger partial charge on any atom is 0.325 e. The lowest BCUT2D eigenvalue weighted by molar-refractivity contribution is -0.141. The van der Waals surface area contributed by atoms with Gasteiger partial charge in [0, 0.05) is 10.0 Å². The van der Waals surface area contributed by atoms with Crippen LogP contribution in [0.4, 0.5) is 0 Å². The molecule has 134 valence electrons. The van der Waals surface area contributed by atoms with Crippen molar-refractivity contribution in [2.24, 2.45) is 4.99 Å². The predicted octanol–water partition coefficient (Wildman–Crippen LogP) is 3.39. The maximum atomic E-state index is 12.5. The number of thiazole rings is 1. The molecule has 1 aromatic heterocycles. The van der Waals surface area contributed by atoms with Gasteiger partial charge >= 0.3 is 5.97 Å². The number of rotatable bonds is 4. The first-order valence-corrected chi connectivity index (χ1v) is 9.21. The normalized spacial score (nSPS) is 11.6. The number of fused-ring (bicyclic) bond motifs is 1. The van der Waals surface area contributed by atoms with Gasteiger partial charge in [0.25, 0.3) is 5.91 Å². The van der Waals surface area contributed by atoms with Crippen molar-refractivity contribution in [3.05, 3.63) is 57.3 Å². The lowest BCUT2D eigenvalue weighted by Crippen LogP contribution is -2.22. The molecular weight excluding hydrogens is 420 g/mol. The van der Waals surface area contributed by atoms with E-state index >= 15 is 0 Å². The summed E-state index contributed by atoms with van der Waals surface area (Å²) in [5, 5.41) is 0. The molecule has 0 aliphatic rings. The molecule has 3 rings (SSSR count). The van der Waals surface area contributed by atoms with Crippen molar-refractivity contribution >= 4 is 49.4 Å². The number of ether oxygens (including phenoxy) is 2. The number of methoxy groups -OCH3 is 2. The van der Waals surface area contributed by atoms with Crippen molar-refractivity contribution in [1.82, 2.24) is 4.57 Å². The SMILES string of the molecule is COC(=O)Cn1c(=NC(=O)c2cccc(Br)c2)sc2cc(OC)ccc21. The van der Waals surface area contributed by atoms with Gasteiger partial charge in [-0.25, -0.2) is 0 Å². The minimum absolute atomic E-state index is 0.0343. The van der Waals surface area contributed by atoms with Gasteiger partial charge in [-0.15, -0.1) is 0 Å². The van der Waals surface area contributed by atoms with Gasteiger partial charge in [0.1, 0.15) is 12.3 Å². The smallest absolute Gasteiger partial charge is 0.325 e. The van der Waals surface area contributed by atoms with Gasteiger partial charge in [-0.3, -0.25) is 9.59 Å². The van der Waals surface area contributed by atoms with E-state index in [-0.39, 0.29) is 12.5 Å². The van der Waals surface area contributed by atoms with Gasteiger partial charge < -0.3 is 14.0 Å². The molecule has 0 aliphatic carbocycles. The summed E-state index contributed by atoms with van der Waals surface area (Å²) in [5.41, 5.74) is 1.24. The Balaban J connectivity index is 2.14. The molecule has 0 spiro atoms. The Kier molecular flexibility index (Phi) is 5.53. The number of hydrogen-bond donors (Lipinski definition) is 0. The second-order valence-corrected chi connectivity index (χ2v) is 7.23. The number of amides is 1. The molecule has 2 aromatic carbocycles. The summed E-state index contributed by atoms with van der Waals surface area (Å²) in [6.45, 7) is -0.0343. The largest absolute Gasteiger partial charge is 0.497 e. The number of carbonyl (C=O) groups excluding carboxylic acids is 2. The summed E-state index contributed by atoms with van der Waals surface area (Å²) in [4.78, 5) is 29.0. The number of nitrogens with zero attached hydrogens (tertiary/aromatic N) is 2. The number of esters is 1. The van der Waals surface area contributed by atoms with Gasteiger partial charge in [-0.05, 0) is 36.4 Å². The Bertz CT molecular complexity index is 1050. The van der Waals surface area contributed by atoms with Crippen LogP contribution < -0.4 is 9.54 Å². The fraction of sp³-hybridized carbons (Fsp3) is 0.167. The van der Waals surface area contributed by atoms with Crippen molar-refractivity contribution < 1.29 is 19.1 Å². The molecule has 1 heterocycles. The number of benzene rings is 2. The van der Waals surface area contributed by atoms with Crippen LogP contribution in [0.25, 0.3) is 10.2 Å². The zero-order valence-electron chi connectivity index (χ0n) is 14.1. The van der Waals surface area contributed by atoms with E-state index in [9.17, 15) is 9.59 Å². The van der Waals surface area contributed by atoms with Crippen LogP contribution in [0.2, 0.25) is 0 Å². The third-order valence-corrected chi connectivity index (χ3v) is 5.21. The molecule has 0 N–H and O–H groups in total. The van der Waals surface area contributed by atoms with Crippen LogP contribution in [-0.4, -0.2) is 30.7 Å². The maximum absolute atomic E-state index is 12.5. The van der Waals surface area contributed by atoms with Crippen LogP contribution in [0, 0.1) is 0 Å². The molecule has 0 saturated heterocycles. The summed E-state index contributed by atoms with van der Waals surface area (Å²) in [7, 11) is 2.91. The van der Waals surface area contributed by atoms with E-state index in [0.29, 0.717) is 16.1 Å². The monoisotopic (exact) mass is 434 g/mol. The average Bonchev–Trinajstić information content (AvgIpc) is 2.97. The van der Waals surface area contributed by atoms with Crippen LogP contribution >= 0.6 is 27.3 Å². The summed E-state index contributed by atoms with van der Waals surface area (Å²) in [6, 6.07) is 12.5. The van der Waals surface area contributed by atoms with Crippen LogP contribution in [-0.2, 0) is 16.1 Å². The quantitative estimate of drug-likeness (QED) is 0.590.